The van der Waals surface area contributed by atoms with Crippen LogP contribution in [0.25, 0.3) is 0 Å². The van der Waals surface area contributed by atoms with Crippen LogP contribution in [0.1, 0.15) is 5.56 Å². The molecule has 0 fully saturated rings. The first-order chi connectivity index (χ1) is 8.72. The van der Waals surface area contributed by atoms with Crippen LogP contribution in [0.5, 0.6) is 23.1 Å². The van der Waals surface area contributed by atoms with Gasteiger partial charge in [-0.3, -0.25) is 0 Å². The van der Waals surface area contributed by atoms with Crippen LogP contribution in [-0.2, 0) is 0 Å². The van der Waals surface area contributed by atoms with E-state index in [0.717, 1.165) is 15.8 Å². The Morgan fingerprint density at radius 1 is 1.22 bits per heavy atom. The quantitative estimate of drug-likeness (QED) is 0.848. The third kappa shape index (κ3) is 2.13. The minimum atomic E-state index is 0.258. The van der Waals surface area contributed by atoms with Gasteiger partial charge in [0, 0.05) is 22.3 Å². The summed E-state index contributed by atoms with van der Waals surface area (Å²) in [6.07, 6.45) is 1.70. The van der Waals surface area contributed by atoms with E-state index in [1.807, 2.05) is 25.1 Å². The van der Waals surface area contributed by atoms with Crippen LogP contribution in [0.2, 0.25) is 0 Å². The van der Waals surface area contributed by atoms with E-state index in [9.17, 15) is 0 Å². The molecule has 0 aliphatic carbocycles. The molecule has 0 saturated carbocycles. The molecule has 0 spiro atoms. The molecule has 0 saturated heterocycles. The fourth-order valence-corrected chi connectivity index (χ4v) is 2.13. The van der Waals surface area contributed by atoms with Crippen LogP contribution in [0.3, 0.4) is 0 Å². The Bertz CT molecular complexity index is 601. The summed E-state index contributed by atoms with van der Waals surface area (Å²) in [4.78, 5) is 4.23. The number of aromatic nitrogens is 1. The normalized spacial score (nSPS) is 12.6. The second kappa shape index (κ2) is 4.49. The number of nitrogens with zero attached hydrogens (tertiary/aromatic N) is 1. The van der Waals surface area contributed by atoms with Gasteiger partial charge in [0.05, 0.1) is 0 Å². The smallest absolute Gasteiger partial charge is 0.231 e. The highest BCUT2D eigenvalue weighted by molar-refractivity contribution is 9.10. The van der Waals surface area contributed by atoms with Gasteiger partial charge in [0.2, 0.25) is 12.7 Å². The van der Waals surface area contributed by atoms with Gasteiger partial charge in [-0.2, -0.15) is 0 Å². The van der Waals surface area contributed by atoms with Crippen LogP contribution in [-0.4, -0.2) is 11.8 Å². The summed E-state index contributed by atoms with van der Waals surface area (Å²) >= 11 is 3.37. The minimum absolute atomic E-state index is 0.258. The average molecular weight is 308 g/mol. The number of pyridine rings is 1. The zero-order chi connectivity index (χ0) is 12.5. The Hall–Kier alpha value is -1.75. The molecule has 1 aliphatic rings. The average Bonchev–Trinajstić information content (AvgIpc) is 2.80. The summed E-state index contributed by atoms with van der Waals surface area (Å²) < 4.78 is 17.2. The van der Waals surface area contributed by atoms with Crippen molar-refractivity contribution in [2.75, 3.05) is 6.79 Å². The van der Waals surface area contributed by atoms with Crippen LogP contribution in [0.4, 0.5) is 0 Å². The number of fused-ring (bicyclic) bond motifs is 1. The van der Waals surface area contributed by atoms with Crippen molar-refractivity contribution in [3.05, 3.63) is 40.5 Å². The first kappa shape index (κ1) is 11.3. The zero-order valence-electron chi connectivity index (χ0n) is 9.64. The minimum Gasteiger partial charge on any atom is -0.454 e. The van der Waals surface area contributed by atoms with Gasteiger partial charge in [-0.15, -0.1) is 0 Å². The number of rotatable bonds is 2. The number of halogens is 1. The molecular formula is C13H10BrNO3. The monoisotopic (exact) mass is 307 g/mol. The molecule has 0 radical (unpaired) electrons. The molecule has 0 atom stereocenters. The Labute approximate surface area is 113 Å². The maximum Gasteiger partial charge on any atom is 0.231 e. The molecule has 2 aromatic rings. The lowest BCUT2D eigenvalue weighted by molar-refractivity contribution is 0.174. The molecule has 92 valence electrons. The molecule has 0 bridgehead atoms. The number of ether oxygens (including phenoxy) is 3. The molecule has 0 amide bonds. The fraction of sp³-hybridized carbons (Fsp3) is 0.154. The molecule has 0 unspecified atom stereocenters. The largest absolute Gasteiger partial charge is 0.454 e. The van der Waals surface area contributed by atoms with E-state index in [1.165, 1.54) is 0 Å². The molecule has 5 heteroatoms. The molecule has 2 heterocycles. The molecular weight excluding hydrogens is 298 g/mol. The van der Waals surface area contributed by atoms with Crippen molar-refractivity contribution in [2.24, 2.45) is 0 Å². The highest BCUT2D eigenvalue weighted by Gasteiger charge is 2.14. The Kier molecular flexibility index (Phi) is 2.83. The van der Waals surface area contributed by atoms with Crippen molar-refractivity contribution in [1.29, 1.82) is 0 Å². The number of aryl methyl sites for hydroxylation is 1. The maximum absolute atomic E-state index is 5.72. The fourth-order valence-electron chi connectivity index (χ4n) is 1.69. The first-order valence-corrected chi connectivity index (χ1v) is 6.21. The van der Waals surface area contributed by atoms with E-state index >= 15 is 0 Å². The van der Waals surface area contributed by atoms with Crippen LogP contribution < -0.4 is 14.2 Å². The number of benzene rings is 1. The second-order valence-corrected chi connectivity index (χ2v) is 4.81. The predicted octanol–water partition coefficient (Wildman–Crippen LogP) is 3.67. The second-order valence-electron chi connectivity index (χ2n) is 3.89. The molecule has 1 aliphatic heterocycles. The van der Waals surface area contributed by atoms with Gasteiger partial charge in [-0.1, -0.05) is 0 Å². The summed E-state index contributed by atoms with van der Waals surface area (Å²) in [6, 6.07) is 7.41. The van der Waals surface area contributed by atoms with Gasteiger partial charge in [0.1, 0.15) is 5.75 Å². The van der Waals surface area contributed by atoms with Crippen molar-refractivity contribution >= 4 is 15.9 Å². The Balaban J connectivity index is 1.88. The molecule has 1 aromatic carbocycles. The van der Waals surface area contributed by atoms with E-state index in [0.29, 0.717) is 17.4 Å². The maximum atomic E-state index is 5.72. The topological polar surface area (TPSA) is 40.6 Å². The van der Waals surface area contributed by atoms with Crippen LogP contribution >= 0.6 is 15.9 Å². The van der Waals surface area contributed by atoms with E-state index in [1.54, 1.807) is 12.3 Å². The van der Waals surface area contributed by atoms with Gasteiger partial charge < -0.3 is 14.2 Å². The molecule has 3 rings (SSSR count). The zero-order valence-corrected chi connectivity index (χ0v) is 11.2. The van der Waals surface area contributed by atoms with Crippen molar-refractivity contribution in [2.45, 2.75) is 6.92 Å². The SMILES string of the molecule is Cc1cc(Br)cnc1Oc1ccc2c(c1)OCO2. The molecule has 18 heavy (non-hydrogen) atoms. The van der Waals surface area contributed by atoms with Crippen molar-refractivity contribution in [3.8, 4) is 23.1 Å². The molecule has 0 N–H and O–H groups in total. The van der Waals surface area contributed by atoms with E-state index in [-0.39, 0.29) is 6.79 Å². The van der Waals surface area contributed by atoms with Crippen molar-refractivity contribution in [3.63, 3.8) is 0 Å². The summed E-state index contributed by atoms with van der Waals surface area (Å²) in [5, 5.41) is 0. The standard InChI is InChI=1S/C13H10BrNO3/c1-8-4-9(14)6-15-13(8)18-10-2-3-11-12(5-10)17-7-16-11/h2-6H,7H2,1H3. The number of hydrogen-bond donors (Lipinski definition) is 0. The van der Waals surface area contributed by atoms with Gasteiger partial charge in [-0.25, -0.2) is 4.98 Å². The lowest BCUT2D eigenvalue weighted by Gasteiger charge is -2.08. The van der Waals surface area contributed by atoms with E-state index in [4.69, 9.17) is 14.2 Å². The van der Waals surface area contributed by atoms with Crippen LogP contribution in [0, 0.1) is 6.92 Å². The predicted molar refractivity (Wildman–Crippen MR) is 69.3 cm³/mol. The van der Waals surface area contributed by atoms with Gasteiger partial charge in [0.25, 0.3) is 0 Å². The van der Waals surface area contributed by atoms with Gasteiger partial charge >= 0.3 is 0 Å². The molecule has 4 nitrogen and oxygen atoms in total. The van der Waals surface area contributed by atoms with Gasteiger partial charge in [-0.05, 0) is 41.1 Å². The van der Waals surface area contributed by atoms with Gasteiger partial charge in [0.15, 0.2) is 11.5 Å². The summed E-state index contributed by atoms with van der Waals surface area (Å²) in [6.45, 7) is 2.20. The highest BCUT2D eigenvalue weighted by Crippen LogP contribution is 2.36. The first-order valence-electron chi connectivity index (χ1n) is 5.42. The Morgan fingerprint density at radius 2 is 2.06 bits per heavy atom. The lowest BCUT2D eigenvalue weighted by atomic mass is 10.3. The van der Waals surface area contributed by atoms with Crippen molar-refractivity contribution in [1.82, 2.24) is 4.98 Å². The van der Waals surface area contributed by atoms with Crippen molar-refractivity contribution < 1.29 is 14.2 Å². The van der Waals surface area contributed by atoms with E-state index in [2.05, 4.69) is 20.9 Å². The third-order valence-electron chi connectivity index (χ3n) is 2.56. The summed E-state index contributed by atoms with van der Waals surface area (Å²) in [7, 11) is 0. The third-order valence-corrected chi connectivity index (χ3v) is 2.99. The summed E-state index contributed by atoms with van der Waals surface area (Å²) in [5.41, 5.74) is 0.960. The summed E-state index contributed by atoms with van der Waals surface area (Å²) in [5.74, 6) is 2.69. The number of hydrogen-bond acceptors (Lipinski definition) is 4. The highest BCUT2D eigenvalue weighted by atomic mass is 79.9. The Morgan fingerprint density at radius 3 is 2.89 bits per heavy atom. The lowest BCUT2D eigenvalue weighted by Crippen LogP contribution is -1.93. The van der Waals surface area contributed by atoms with Crippen LogP contribution in [0.15, 0.2) is 34.9 Å². The molecule has 1 aromatic heterocycles. The van der Waals surface area contributed by atoms with E-state index < -0.39 is 0 Å².